The molecule has 5 rings (SSSR count). The zero-order valence-corrected chi connectivity index (χ0v) is 28.4. The van der Waals surface area contributed by atoms with E-state index in [9.17, 15) is 39.9 Å². The van der Waals surface area contributed by atoms with E-state index in [0.29, 0.717) is 0 Å². The van der Waals surface area contributed by atoms with Crippen LogP contribution in [-0.2, 0) is 35.8 Å². The van der Waals surface area contributed by atoms with Gasteiger partial charge in [0.15, 0.2) is 17.9 Å². The standard InChI is InChI=1S/C27H29NO11.3ClH.Zn/c1-10-22(31)13(28)6-17(38-10)39-15-8-27(36,16(30)9-29)7-12-19(15)26(35)21-20(24(12)33)23(32)11-4-3-5-14(37-2)18(11)25(21)34;;;;/h3-5,10,13,15,17,22,29,31,33,35-36H,6-9,28H2,1-2H3;3*1H;/q;;;;+2/p-2/t10-,13-,15-,17-,22+,27-;;;;/m0..../s1. The number of aromatic hydroxyl groups is 2. The molecule has 0 saturated carbocycles. The fourth-order valence-electron chi connectivity index (χ4n) is 5.75. The number of fused-ring (bicyclic) bond motifs is 3. The predicted molar refractivity (Wildman–Crippen MR) is 151 cm³/mol. The van der Waals surface area contributed by atoms with Crippen molar-refractivity contribution < 1.29 is 69.3 Å². The monoisotopic (exact) mass is 713 g/mol. The molecule has 0 unspecified atom stereocenters. The van der Waals surface area contributed by atoms with Gasteiger partial charge in [-0.05, 0) is 13.0 Å². The molecule has 3 aliphatic rings. The number of aliphatic hydroxyl groups excluding tert-OH is 2. The van der Waals surface area contributed by atoms with Gasteiger partial charge >= 0.3 is 34.5 Å². The van der Waals surface area contributed by atoms with Crippen LogP contribution < -0.4 is 10.5 Å². The summed E-state index contributed by atoms with van der Waals surface area (Å²) in [6.07, 6.45) is -5.12. The molecule has 2 aromatic rings. The van der Waals surface area contributed by atoms with Crippen LogP contribution in [0.5, 0.6) is 17.2 Å². The maximum absolute atomic E-state index is 13.6. The van der Waals surface area contributed by atoms with Crippen LogP contribution in [-0.4, -0.2) is 86.7 Å². The molecule has 1 heterocycles. The molecule has 0 amide bonds. The number of aliphatic hydroxyl groups is 3. The van der Waals surface area contributed by atoms with E-state index < -0.39 is 111 Å². The second kappa shape index (κ2) is 14.0. The van der Waals surface area contributed by atoms with Crippen LogP contribution in [0.4, 0.5) is 0 Å². The number of ether oxygens (including phenoxy) is 3. The number of halogens is 3. The van der Waals surface area contributed by atoms with Crippen molar-refractivity contribution in [2.75, 3.05) is 13.7 Å². The Kier molecular flexibility index (Phi) is 11.6. The molecule has 43 heavy (non-hydrogen) atoms. The molecule has 7 N–H and O–H groups in total. The Balaban J connectivity index is 0.00000121. The molecule has 232 valence electrons. The number of phenols is 2. The van der Waals surface area contributed by atoms with Crippen molar-refractivity contribution in [2.45, 2.75) is 62.4 Å². The van der Waals surface area contributed by atoms with Gasteiger partial charge in [-0.1, -0.05) is 12.1 Å². The zero-order valence-electron chi connectivity index (χ0n) is 23.1. The van der Waals surface area contributed by atoms with E-state index in [2.05, 4.69) is 0 Å². The number of ketones is 3. The average Bonchev–Trinajstić information content (AvgIpc) is 2.95. The Labute approximate surface area is 268 Å². The summed E-state index contributed by atoms with van der Waals surface area (Å²) in [7, 11) is 11.2. The number of phenolic OH excluding ortho intramolecular Hbond substituents is 2. The van der Waals surface area contributed by atoms with Crippen LogP contribution in [0.2, 0.25) is 0 Å². The molecule has 2 aromatic carbocycles. The minimum absolute atomic E-state index is 0. The number of nitrogens with two attached hydrogens (primary N) is 1. The summed E-state index contributed by atoms with van der Waals surface area (Å²) in [4.78, 5) is 39.7. The number of benzene rings is 2. The molecule has 2 aliphatic carbocycles. The van der Waals surface area contributed by atoms with Crippen molar-refractivity contribution in [1.82, 2.24) is 0 Å². The van der Waals surface area contributed by atoms with Crippen LogP contribution in [0.15, 0.2) is 18.2 Å². The SMILES string of the molecule is COc1cccc2c1C(=O)c1c(O)c3c(c(O)c1C2=O)C[C@@](O)(C(=O)CO)C[C@@H]3O[C@H]1C[C@H](N)[C@H](O)[C@H](C)O1.Cl.[Cl][Zn][Cl]. The van der Waals surface area contributed by atoms with Crippen LogP contribution in [0.3, 0.4) is 0 Å². The summed E-state index contributed by atoms with van der Waals surface area (Å²) < 4.78 is 17.0. The Hall–Kier alpha value is -1.90. The summed E-state index contributed by atoms with van der Waals surface area (Å²) in [5.41, 5.74) is 2.37. The van der Waals surface area contributed by atoms with E-state index in [1.54, 1.807) is 6.92 Å². The van der Waals surface area contributed by atoms with Crippen molar-refractivity contribution in [2.24, 2.45) is 5.73 Å². The number of carbonyl (C=O) groups excluding carboxylic acids is 3. The van der Waals surface area contributed by atoms with Crippen LogP contribution in [0.25, 0.3) is 0 Å². The number of hydrogen-bond acceptors (Lipinski definition) is 12. The summed E-state index contributed by atoms with van der Waals surface area (Å²) in [5.74, 6) is -3.77. The van der Waals surface area contributed by atoms with E-state index in [1.165, 1.54) is 25.3 Å². The fraction of sp³-hybridized carbons (Fsp3) is 0.444. The molecule has 1 fully saturated rings. The van der Waals surface area contributed by atoms with Gasteiger partial charge in [-0.2, -0.15) is 0 Å². The van der Waals surface area contributed by atoms with E-state index in [1.807, 2.05) is 0 Å². The summed E-state index contributed by atoms with van der Waals surface area (Å²) in [6.45, 7) is 0.560. The van der Waals surface area contributed by atoms with Crippen LogP contribution in [0, 0.1) is 0 Å². The predicted octanol–water partition coefficient (Wildman–Crippen LogP) is 1.80. The van der Waals surface area contributed by atoms with Gasteiger partial charge in [-0.15, -0.1) is 12.4 Å². The van der Waals surface area contributed by atoms with Gasteiger partial charge in [0.1, 0.15) is 29.5 Å². The molecule has 16 heteroatoms. The third-order valence-electron chi connectivity index (χ3n) is 7.81. The maximum atomic E-state index is 13.6. The quantitative estimate of drug-likeness (QED) is 0.165. The Bertz CT molecular complexity index is 1420. The minimum atomic E-state index is -2.24. The molecule has 6 atom stereocenters. The van der Waals surface area contributed by atoms with E-state index in [4.69, 9.17) is 39.3 Å². The number of Topliss-reactive ketones (excluding diaryl/α,β-unsaturated/α-hetero) is 1. The number of methoxy groups -OCH3 is 1. The van der Waals surface area contributed by atoms with Gasteiger partial charge < -0.3 is 45.5 Å². The van der Waals surface area contributed by atoms with Gasteiger partial charge in [-0.3, -0.25) is 14.4 Å². The Morgan fingerprint density at radius 1 is 1.16 bits per heavy atom. The second-order valence-corrected chi connectivity index (χ2v) is 14.9. The van der Waals surface area contributed by atoms with Crippen molar-refractivity contribution in [3.8, 4) is 17.2 Å². The van der Waals surface area contributed by atoms with Gasteiger partial charge in [0.05, 0.1) is 42.1 Å². The first kappa shape index (κ1) is 35.6. The first-order valence-corrected chi connectivity index (χ1v) is 20.7. The molecular formula is C27H30Cl3NO11Zn. The normalized spacial score (nSPS) is 27.3. The molecule has 12 nitrogen and oxygen atoms in total. The number of rotatable bonds is 5. The van der Waals surface area contributed by atoms with Gasteiger partial charge in [0.2, 0.25) is 5.78 Å². The van der Waals surface area contributed by atoms with E-state index in [-0.39, 0.29) is 46.8 Å². The first-order chi connectivity index (χ1) is 19.8. The van der Waals surface area contributed by atoms with Crippen molar-refractivity contribution in [3.63, 3.8) is 0 Å². The second-order valence-electron chi connectivity index (χ2n) is 10.3. The summed E-state index contributed by atoms with van der Waals surface area (Å²) in [5, 5.41) is 53.7. The van der Waals surface area contributed by atoms with Crippen LogP contribution in [0.1, 0.15) is 68.8 Å². The van der Waals surface area contributed by atoms with E-state index in [0.717, 1.165) is 0 Å². The Morgan fingerprint density at radius 2 is 1.79 bits per heavy atom. The van der Waals surface area contributed by atoms with Crippen molar-refractivity contribution >= 4 is 49.1 Å². The summed E-state index contributed by atoms with van der Waals surface area (Å²) in [6, 6.07) is 3.64. The molecule has 1 saturated heterocycles. The summed E-state index contributed by atoms with van der Waals surface area (Å²) >= 11 is -0.931. The van der Waals surface area contributed by atoms with E-state index >= 15 is 0 Å². The topological polar surface area (TPSA) is 206 Å². The molecule has 0 spiro atoms. The van der Waals surface area contributed by atoms with Crippen molar-refractivity contribution in [1.29, 1.82) is 0 Å². The molecule has 0 bridgehead atoms. The third kappa shape index (κ3) is 6.30. The molecule has 0 aromatic heterocycles. The van der Waals surface area contributed by atoms with Crippen LogP contribution >= 0.6 is 31.8 Å². The van der Waals surface area contributed by atoms with Gasteiger partial charge in [-0.25, -0.2) is 0 Å². The Morgan fingerprint density at radius 3 is 2.37 bits per heavy atom. The van der Waals surface area contributed by atoms with Gasteiger partial charge in [0.25, 0.3) is 0 Å². The molecular weight excluding hydrogens is 686 g/mol. The molecule has 1 aliphatic heterocycles. The zero-order chi connectivity index (χ0) is 31.1. The number of carbonyl (C=O) groups is 3. The molecule has 0 radical (unpaired) electrons. The average molecular weight is 716 g/mol. The number of hydrogen-bond donors (Lipinski definition) is 6. The first-order valence-electron chi connectivity index (χ1n) is 12.9. The van der Waals surface area contributed by atoms with Crippen molar-refractivity contribution in [3.05, 3.63) is 51.6 Å². The fourth-order valence-corrected chi connectivity index (χ4v) is 5.75. The van der Waals surface area contributed by atoms with Gasteiger partial charge in [0, 0.05) is 42.0 Å². The third-order valence-corrected chi connectivity index (χ3v) is 7.81.